The van der Waals surface area contributed by atoms with Crippen LogP contribution in [0.15, 0.2) is 18.2 Å². The van der Waals surface area contributed by atoms with Crippen molar-refractivity contribution >= 4 is 5.97 Å². The molecule has 0 spiro atoms. The molecule has 0 saturated heterocycles. The van der Waals surface area contributed by atoms with Crippen LogP contribution < -0.4 is 4.74 Å². The van der Waals surface area contributed by atoms with E-state index in [0.29, 0.717) is 12.3 Å². The number of aromatic nitrogens is 1. The van der Waals surface area contributed by atoms with E-state index in [1.165, 1.54) is 0 Å². The Morgan fingerprint density at radius 2 is 2.33 bits per heavy atom. The number of esters is 1. The highest BCUT2D eigenvalue weighted by atomic mass is 16.5. The molecule has 0 unspecified atom stereocenters. The molecule has 12 heavy (non-hydrogen) atoms. The highest BCUT2D eigenvalue weighted by molar-refractivity contribution is 5.71. The summed E-state index contributed by atoms with van der Waals surface area (Å²) >= 11 is 0. The Hall–Kier alpha value is -1.38. The summed E-state index contributed by atoms with van der Waals surface area (Å²) in [7, 11) is 0. The Labute approximate surface area is 71.4 Å². The van der Waals surface area contributed by atoms with Gasteiger partial charge < -0.3 is 4.74 Å². The first-order chi connectivity index (χ1) is 5.72. The highest BCUT2D eigenvalue weighted by Gasteiger charge is 2.01. The van der Waals surface area contributed by atoms with Crippen molar-refractivity contribution in [1.29, 1.82) is 0 Å². The minimum absolute atomic E-state index is 0.256. The van der Waals surface area contributed by atoms with Crippen molar-refractivity contribution in [3.8, 4) is 5.88 Å². The minimum atomic E-state index is -0.256. The van der Waals surface area contributed by atoms with E-state index in [0.717, 1.165) is 5.69 Å². The molecular formula is C9H11NO2. The lowest BCUT2D eigenvalue weighted by atomic mass is 10.4. The van der Waals surface area contributed by atoms with Crippen LogP contribution in [0.25, 0.3) is 0 Å². The van der Waals surface area contributed by atoms with Gasteiger partial charge in [0.15, 0.2) is 0 Å². The maximum Gasteiger partial charge on any atom is 0.312 e. The third-order valence-corrected chi connectivity index (χ3v) is 1.37. The van der Waals surface area contributed by atoms with Gasteiger partial charge in [0.25, 0.3) is 0 Å². The van der Waals surface area contributed by atoms with Gasteiger partial charge in [-0.05, 0) is 13.0 Å². The maximum atomic E-state index is 10.8. The zero-order chi connectivity index (χ0) is 8.97. The lowest BCUT2D eigenvalue weighted by Crippen LogP contribution is -2.06. The lowest BCUT2D eigenvalue weighted by Gasteiger charge is -2.00. The van der Waals surface area contributed by atoms with Gasteiger partial charge in [-0.15, -0.1) is 0 Å². The molecule has 3 heteroatoms. The summed E-state index contributed by atoms with van der Waals surface area (Å²) in [4.78, 5) is 14.8. The van der Waals surface area contributed by atoms with Crippen LogP contribution in [0.5, 0.6) is 5.88 Å². The molecule has 0 bridgehead atoms. The van der Waals surface area contributed by atoms with Gasteiger partial charge in [0, 0.05) is 18.2 Å². The third kappa shape index (κ3) is 2.34. The molecule has 0 N–H and O–H groups in total. The summed E-state index contributed by atoms with van der Waals surface area (Å²) in [5, 5.41) is 0. The SMILES string of the molecule is CCC(=O)Oc1cccc(C)n1. The minimum Gasteiger partial charge on any atom is -0.407 e. The Balaban J connectivity index is 2.69. The van der Waals surface area contributed by atoms with Gasteiger partial charge in [-0.3, -0.25) is 4.79 Å². The molecule has 0 atom stereocenters. The molecule has 64 valence electrons. The van der Waals surface area contributed by atoms with Crippen molar-refractivity contribution in [2.24, 2.45) is 0 Å². The molecule has 0 aliphatic heterocycles. The number of carbonyl (C=O) groups is 1. The molecule has 0 aromatic carbocycles. The number of nitrogens with zero attached hydrogens (tertiary/aromatic N) is 1. The third-order valence-electron chi connectivity index (χ3n) is 1.37. The number of carbonyl (C=O) groups excluding carboxylic acids is 1. The molecule has 3 nitrogen and oxygen atoms in total. The second-order valence-corrected chi connectivity index (χ2v) is 2.44. The average Bonchev–Trinajstić information content (AvgIpc) is 2.04. The van der Waals surface area contributed by atoms with E-state index in [1.54, 1.807) is 19.1 Å². The van der Waals surface area contributed by atoms with Crippen molar-refractivity contribution in [2.45, 2.75) is 20.3 Å². The van der Waals surface area contributed by atoms with Crippen LogP contribution in [0.1, 0.15) is 19.0 Å². The lowest BCUT2D eigenvalue weighted by molar-refractivity contribution is -0.134. The molecule has 0 saturated carbocycles. The average molecular weight is 165 g/mol. The van der Waals surface area contributed by atoms with Gasteiger partial charge in [-0.25, -0.2) is 4.98 Å². The number of aryl methyl sites for hydroxylation is 1. The number of rotatable bonds is 2. The molecule has 1 aromatic heterocycles. The van der Waals surface area contributed by atoms with Crippen LogP contribution >= 0.6 is 0 Å². The van der Waals surface area contributed by atoms with Gasteiger partial charge in [-0.1, -0.05) is 13.0 Å². The maximum absolute atomic E-state index is 10.8. The zero-order valence-corrected chi connectivity index (χ0v) is 7.20. The van der Waals surface area contributed by atoms with Crippen LogP contribution in [0, 0.1) is 6.92 Å². The summed E-state index contributed by atoms with van der Waals surface area (Å²) in [6.45, 7) is 3.60. The van der Waals surface area contributed by atoms with E-state index < -0.39 is 0 Å². The van der Waals surface area contributed by atoms with Gasteiger partial charge >= 0.3 is 5.97 Å². The number of pyridine rings is 1. The highest BCUT2D eigenvalue weighted by Crippen LogP contribution is 2.07. The van der Waals surface area contributed by atoms with Crippen LogP contribution in [0.2, 0.25) is 0 Å². The predicted octanol–water partition coefficient (Wildman–Crippen LogP) is 1.71. The summed E-state index contributed by atoms with van der Waals surface area (Å²) in [6, 6.07) is 5.32. The Kier molecular flexibility index (Phi) is 2.80. The summed E-state index contributed by atoms with van der Waals surface area (Å²) < 4.78 is 4.89. The zero-order valence-electron chi connectivity index (χ0n) is 7.20. The second-order valence-electron chi connectivity index (χ2n) is 2.44. The van der Waals surface area contributed by atoms with E-state index in [1.807, 2.05) is 13.0 Å². The summed E-state index contributed by atoms with van der Waals surface area (Å²) in [5.74, 6) is 0.120. The fourth-order valence-corrected chi connectivity index (χ4v) is 0.764. The van der Waals surface area contributed by atoms with Crippen LogP contribution in [0.4, 0.5) is 0 Å². The Morgan fingerprint density at radius 3 is 2.92 bits per heavy atom. The van der Waals surface area contributed by atoms with Gasteiger partial charge in [-0.2, -0.15) is 0 Å². The summed E-state index contributed by atoms with van der Waals surface area (Å²) in [6.07, 6.45) is 0.371. The van der Waals surface area contributed by atoms with Crippen molar-refractivity contribution in [2.75, 3.05) is 0 Å². The molecule has 0 aliphatic carbocycles. The fourth-order valence-electron chi connectivity index (χ4n) is 0.764. The Bertz CT molecular complexity index is 284. The van der Waals surface area contributed by atoms with Crippen molar-refractivity contribution in [3.63, 3.8) is 0 Å². The number of ether oxygens (including phenoxy) is 1. The van der Waals surface area contributed by atoms with E-state index >= 15 is 0 Å². The first-order valence-electron chi connectivity index (χ1n) is 3.86. The van der Waals surface area contributed by atoms with Crippen LogP contribution in [-0.2, 0) is 4.79 Å². The van der Waals surface area contributed by atoms with E-state index in [-0.39, 0.29) is 5.97 Å². The predicted molar refractivity (Wildman–Crippen MR) is 44.9 cm³/mol. The van der Waals surface area contributed by atoms with Crippen LogP contribution in [-0.4, -0.2) is 11.0 Å². The monoisotopic (exact) mass is 165 g/mol. The number of hydrogen-bond donors (Lipinski definition) is 0. The molecule has 0 fully saturated rings. The molecular weight excluding hydrogens is 154 g/mol. The summed E-state index contributed by atoms with van der Waals surface area (Å²) in [5.41, 5.74) is 0.844. The second kappa shape index (κ2) is 3.85. The van der Waals surface area contributed by atoms with Crippen molar-refractivity contribution < 1.29 is 9.53 Å². The Morgan fingerprint density at radius 1 is 1.58 bits per heavy atom. The van der Waals surface area contributed by atoms with Gasteiger partial charge in [0.1, 0.15) is 0 Å². The molecule has 1 aromatic rings. The van der Waals surface area contributed by atoms with E-state index in [9.17, 15) is 4.79 Å². The molecule has 0 radical (unpaired) electrons. The fraction of sp³-hybridized carbons (Fsp3) is 0.333. The van der Waals surface area contributed by atoms with E-state index in [4.69, 9.17) is 4.74 Å². The first kappa shape index (κ1) is 8.71. The van der Waals surface area contributed by atoms with Crippen molar-refractivity contribution in [1.82, 2.24) is 4.98 Å². The van der Waals surface area contributed by atoms with Gasteiger partial charge in [0.05, 0.1) is 0 Å². The smallest absolute Gasteiger partial charge is 0.312 e. The molecule has 0 aliphatic rings. The normalized spacial score (nSPS) is 9.50. The topological polar surface area (TPSA) is 39.2 Å². The molecule has 1 rings (SSSR count). The number of hydrogen-bond acceptors (Lipinski definition) is 3. The molecule has 1 heterocycles. The largest absolute Gasteiger partial charge is 0.407 e. The quantitative estimate of drug-likeness (QED) is 0.626. The molecule has 0 amide bonds. The first-order valence-corrected chi connectivity index (χ1v) is 3.86. The van der Waals surface area contributed by atoms with Crippen molar-refractivity contribution in [3.05, 3.63) is 23.9 Å². The van der Waals surface area contributed by atoms with Crippen LogP contribution in [0.3, 0.4) is 0 Å². The van der Waals surface area contributed by atoms with E-state index in [2.05, 4.69) is 4.98 Å². The van der Waals surface area contributed by atoms with Gasteiger partial charge in [0.2, 0.25) is 5.88 Å². The standard InChI is InChI=1S/C9H11NO2/c1-3-9(11)12-8-6-4-5-7(2)10-8/h4-6H,3H2,1-2H3.